The summed E-state index contributed by atoms with van der Waals surface area (Å²) in [6.07, 6.45) is 2.78. The van der Waals surface area contributed by atoms with E-state index in [0.717, 1.165) is 35.8 Å². The van der Waals surface area contributed by atoms with Crippen LogP contribution in [0.1, 0.15) is 25.7 Å². The van der Waals surface area contributed by atoms with E-state index in [1.54, 1.807) is 0 Å². The van der Waals surface area contributed by atoms with E-state index in [0.29, 0.717) is 0 Å². The Balaban J connectivity index is 1.86. The molecular weight excluding hydrogens is 240 g/mol. The number of aliphatic carboxylic acids is 1. The van der Waals surface area contributed by atoms with Crippen LogP contribution in [-0.2, 0) is 4.79 Å². The summed E-state index contributed by atoms with van der Waals surface area (Å²) in [6, 6.07) is 14.0. The molecule has 0 spiro atoms. The molecule has 0 aromatic heterocycles. The minimum Gasteiger partial charge on any atom is -0.487 e. The third kappa shape index (κ3) is 2.41. The smallest absolute Gasteiger partial charge is 0.307 e. The van der Waals surface area contributed by atoms with Crippen LogP contribution >= 0.6 is 0 Å². The second-order valence-corrected chi connectivity index (χ2v) is 5.22. The number of hydrogen-bond donors (Lipinski definition) is 1. The molecule has 0 atom stereocenters. The standard InChI is InChI=1S/C16H16O3/c17-15(18)11-16(8-3-9-16)19-14-7-6-12-4-1-2-5-13(12)10-14/h1-2,4-7,10H,3,8-9,11H2,(H,17,18). The molecule has 0 amide bonds. The number of benzene rings is 2. The SMILES string of the molecule is O=C(O)CC1(Oc2ccc3ccccc3c2)CCC1. The highest BCUT2D eigenvalue weighted by molar-refractivity contribution is 5.83. The van der Waals surface area contributed by atoms with Crippen LogP contribution in [0.25, 0.3) is 10.8 Å². The van der Waals surface area contributed by atoms with Gasteiger partial charge in [0.1, 0.15) is 11.4 Å². The predicted molar refractivity (Wildman–Crippen MR) is 73.4 cm³/mol. The van der Waals surface area contributed by atoms with Gasteiger partial charge in [0.15, 0.2) is 0 Å². The molecule has 0 aliphatic heterocycles. The molecule has 2 aromatic rings. The fraction of sp³-hybridized carbons (Fsp3) is 0.312. The Bertz CT molecular complexity index is 614. The predicted octanol–water partition coefficient (Wildman–Crippen LogP) is 3.62. The van der Waals surface area contributed by atoms with Crippen LogP contribution in [0.5, 0.6) is 5.75 Å². The first kappa shape index (κ1) is 12.0. The summed E-state index contributed by atoms with van der Waals surface area (Å²) in [7, 11) is 0. The van der Waals surface area contributed by atoms with Crippen molar-refractivity contribution in [1.29, 1.82) is 0 Å². The van der Waals surface area contributed by atoms with Gasteiger partial charge in [-0.05, 0) is 42.2 Å². The normalized spacial score (nSPS) is 16.8. The quantitative estimate of drug-likeness (QED) is 0.908. The lowest BCUT2D eigenvalue weighted by Crippen LogP contribution is -2.45. The average Bonchev–Trinajstić information content (AvgIpc) is 2.35. The van der Waals surface area contributed by atoms with Gasteiger partial charge in [-0.25, -0.2) is 0 Å². The van der Waals surface area contributed by atoms with Gasteiger partial charge >= 0.3 is 5.97 Å². The zero-order valence-corrected chi connectivity index (χ0v) is 10.6. The van der Waals surface area contributed by atoms with E-state index in [-0.39, 0.29) is 6.42 Å². The summed E-state index contributed by atoms with van der Waals surface area (Å²) in [4.78, 5) is 10.9. The van der Waals surface area contributed by atoms with Crippen LogP contribution in [-0.4, -0.2) is 16.7 Å². The Morgan fingerprint density at radius 2 is 1.89 bits per heavy atom. The number of carboxylic acids is 1. The summed E-state index contributed by atoms with van der Waals surface area (Å²) < 4.78 is 5.98. The molecule has 1 aliphatic rings. The zero-order chi connectivity index (χ0) is 13.3. The Hall–Kier alpha value is -2.03. The van der Waals surface area contributed by atoms with Crippen LogP contribution in [0.4, 0.5) is 0 Å². The van der Waals surface area contributed by atoms with Gasteiger partial charge in [0.25, 0.3) is 0 Å². The summed E-state index contributed by atoms with van der Waals surface area (Å²) in [5, 5.41) is 11.3. The molecular formula is C16H16O3. The van der Waals surface area contributed by atoms with Crippen molar-refractivity contribution < 1.29 is 14.6 Å². The lowest BCUT2D eigenvalue weighted by molar-refractivity contribution is -0.144. The van der Waals surface area contributed by atoms with Gasteiger partial charge < -0.3 is 9.84 Å². The van der Waals surface area contributed by atoms with E-state index >= 15 is 0 Å². The van der Waals surface area contributed by atoms with Crippen molar-refractivity contribution in [2.45, 2.75) is 31.3 Å². The van der Waals surface area contributed by atoms with Crippen LogP contribution in [0.15, 0.2) is 42.5 Å². The molecule has 3 heteroatoms. The summed E-state index contributed by atoms with van der Waals surface area (Å²) in [6.45, 7) is 0. The van der Waals surface area contributed by atoms with E-state index in [4.69, 9.17) is 9.84 Å². The molecule has 0 heterocycles. The molecule has 0 saturated heterocycles. The number of carbonyl (C=O) groups is 1. The summed E-state index contributed by atoms with van der Waals surface area (Å²) in [5.41, 5.74) is -0.492. The molecule has 0 bridgehead atoms. The molecule has 2 aromatic carbocycles. The second kappa shape index (κ2) is 4.57. The Kier molecular flexibility index (Phi) is 2.90. The molecule has 19 heavy (non-hydrogen) atoms. The first-order chi connectivity index (χ1) is 9.17. The molecule has 1 aliphatic carbocycles. The van der Waals surface area contributed by atoms with Gasteiger partial charge in [0, 0.05) is 0 Å². The van der Waals surface area contributed by atoms with Gasteiger partial charge in [-0.1, -0.05) is 30.3 Å². The number of carboxylic acid groups (broad SMARTS) is 1. The number of fused-ring (bicyclic) bond motifs is 1. The Morgan fingerprint density at radius 3 is 2.53 bits per heavy atom. The van der Waals surface area contributed by atoms with Crippen molar-refractivity contribution >= 4 is 16.7 Å². The maximum atomic E-state index is 10.9. The van der Waals surface area contributed by atoms with Gasteiger partial charge in [-0.3, -0.25) is 4.79 Å². The highest BCUT2D eigenvalue weighted by Crippen LogP contribution is 2.39. The second-order valence-electron chi connectivity index (χ2n) is 5.22. The first-order valence-corrected chi connectivity index (χ1v) is 6.57. The monoisotopic (exact) mass is 256 g/mol. The minimum atomic E-state index is -0.791. The Morgan fingerprint density at radius 1 is 1.16 bits per heavy atom. The number of rotatable bonds is 4. The van der Waals surface area contributed by atoms with Crippen molar-refractivity contribution in [3.05, 3.63) is 42.5 Å². The first-order valence-electron chi connectivity index (χ1n) is 6.57. The van der Waals surface area contributed by atoms with Gasteiger partial charge in [-0.15, -0.1) is 0 Å². The number of hydrogen-bond acceptors (Lipinski definition) is 2. The summed E-state index contributed by atoms with van der Waals surface area (Å²) >= 11 is 0. The van der Waals surface area contributed by atoms with Crippen molar-refractivity contribution in [1.82, 2.24) is 0 Å². The largest absolute Gasteiger partial charge is 0.487 e. The van der Waals surface area contributed by atoms with E-state index < -0.39 is 11.6 Å². The fourth-order valence-electron chi connectivity index (χ4n) is 2.64. The van der Waals surface area contributed by atoms with Crippen LogP contribution in [0.2, 0.25) is 0 Å². The van der Waals surface area contributed by atoms with Gasteiger partial charge in [-0.2, -0.15) is 0 Å². The topological polar surface area (TPSA) is 46.5 Å². The molecule has 1 saturated carbocycles. The van der Waals surface area contributed by atoms with E-state index in [1.165, 1.54) is 0 Å². The van der Waals surface area contributed by atoms with E-state index in [9.17, 15) is 4.79 Å². The van der Waals surface area contributed by atoms with Crippen LogP contribution < -0.4 is 4.74 Å². The van der Waals surface area contributed by atoms with Crippen molar-refractivity contribution in [2.75, 3.05) is 0 Å². The molecule has 3 rings (SSSR count). The lowest BCUT2D eigenvalue weighted by Gasteiger charge is -2.40. The molecule has 3 nitrogen and oxygen atoms in total. The average molecular weight is 256 g/mol. The van der Waals surface area contributed by atoms with E-state index in [2.05, 4.69) is 6.07 Å². The zero-order valence-electron chi connectivity index (χ0n) is 10.6. The highest BCUT2D eigenvalue weighted by Gasteiger charge is 2.41. The number of ether oxygens (including phenoxy) is 1. The molecule has 1 fully saturated rings. The molecule has 1 N–H and O–H groups in total. The fourth-order valence-corrected chi connectivity index (χ4v) is 2.64. The van der Waals surface area contributed by atoms with E-state index in [1.807, 2.05) is 36.4 Å². The maximum absolute atomic E-state index is 10.9. The van der Waals surface area contributed by atoms with Crippen LogP contribution in [0.3, 0.4) is 0 Å². The minimum absolute atomic E-state index is 0.0832. The van der Waals surface area contributed by atoms with Gasteiger partial charge in [0.2, 0.25) is 0 Å². The lowest BCUT2D eigenvalue weighted by atomic mass is 9.77. The van der Waals surface area contributed by atoms with Crippen molar-refractivity contribution in [2.24, 2.45) is 0 Å². The highest BCUT2D eigenvalue weighted by atomic mass is 16.5. The molecule has 0 radical (unpaired) electrons. The van der Waals surface area contributed by atoms with Gasteiger partial charge in [0.05, 0.1) is 6.42 Å². The molecule has 0 unspecified atom stereocenters. The Labute approximate surface area is 111 Å². The maximum Gasteiger partial charge on any atom is 0.307 e. The summed E-state index contributed by atoms with van der Waals surface area (Å²) in [5.74, 6) is -0.0276. The van der Waals surface area contributed by atoms with Crippen LogP contribution in [0, 0.1) is 0 Å². The van der Waals surface area contributed by atoms with Crippen molar-refractivity contribution in [3.63, 3.8) is 0 Å². The third-order valence-electron chi connectivity index (χ3n) is 3.79. The van der Waals surface area contributed by atoms with Crippen molar-refractivity contribution in [3.8, 4) is 5.75 Å². The third-order valence-corrected chi connectivity index (χ3v) is 3.79. The molecule has 98 valence electrons.